The van der Waals surface area contributed by atoms with Gasteiger partial charge in [0.1, 0.15) is 5.60 Å². The van der Waals surface area contributed by atoms with Gasteiger partial charge >= 0.3 is 0 Å². The lowest BCUT2D eigenvalue weighted by atomic mass is 9.75. The lowest BCUT2D eigenvalue weighted by molar-refractivity contribution is 0.0351. The van der Waals surface area contributed by atoms with Crippen molar-refractivity contribution >= 4 is 0 Å². The Morgan fingerprint density at radius 2 is 1.04 bits per heavy atom. The molecule has 0 aliphatic heterocycles. The molecule has 2 heteroatoms. The third kappa shape index (κ3) is 3.49. The predicted molar refractivity (Wildman–Crippen MR) is 97.6 cm³/mol. The topological polar surface area (TPSA) is 46.2 Å². The molecule has 2 nitrogen and oxygen atoms in total. The van der Waals surface area contributed by atoms with Crippen molar-refractivity contribution in [2.75, 3.05) is 0 Å². The van der Waals surface area contributed by atoms with Gasteiger partial charge in [0.2, 0.25) is 0 Å². The van der Waals surface area contributed by atoms with E-state index in [1.54, 1.807) is 0 Å². The van der Waals surface area contributed by atoms with Crippen LogP contribution in [0, 0.1) is 33.6 Å². The van der Waals surface area contributed by atoms with Crippen molar-refractivity contribution < 1.29 is 5.11 Å². The molecule has 0 aromatic heterocycles. The quantitative estimate of drug-likeness (QED) is 0.891. The molecule has 0 aliphatic carbocycles. The summed E-state index contributed by atoms with van der Waals surface area (Å²) in [6.45, 7) is 12.3. The summed E-state index contributed by atoms with van der Waals surface area (Å²) in [7, 11) is 0. The van der Waals surface area contributed by atoms with Crippen molar-refractivity contribution in [3.63, 3.8) is 0 Å². The van der Waals surface area contributed by atoms with Crippen molar-refractivity contribution in [1.82, 2.24) is 0 Å². The molecular formula is C21H29NO. The van der Waals surface area contributed by atoms with E-state index < -0.39 is 5.60 Å². The van der Waals surface area contributed by atoms with E-state index in [9.17, 15) is 5.11 Å². The van der Waals surface area contributed by atoms with Gasteiger partial charge in [0, 0.05) is 6.04 Å². The molecule has 0 bridgehead atoms. The van der Waals surface area contributed by atoms with Crippen molar-refractivity contribution in [1.29, 1.82) is 0 Å². The van der Waals surface area contributed by atoms with Crippen LogP contribution < -0.4 is 5.73 Å². The summed E-state index contributed by atoms with van der Waals surface area (Å²) in [5.74, 6) is 0.154. The fraction of sp³-hybridized carbons (Fsp3) is 0.429. The Hall–Kier alpha value is -1.64. The largest absolute Gasteiger partial charge is 0.379 e. The Kier molecular flexibility index (Phi) is 4.98. The first-order chi connectivity index (χ1) is 10.6. The Labute approximate surface area is 140 Å². The van der Waals surface area contributed by atoms with Crippen LogP contribution in [-0.2, 0) is 5.60 Å². The van der Waals surface area contributed by atoms with E-state index in [-0.39, 0.29) is 12.0 Å². The van der Waals surface area contributed by atoms with Crippen molar-refractivity contribution in [2.24, 2.45) is 11.7 Å². The van der Waals surface area contributed by atoms with Crippen molar-refractivity contribution in [2.45, 2.75) is 53.2 Å². The summed E-state index contributed by atoms with van der Waals surface area (Å²) in [6.07, 6.45) is 0. The van der Waals surface area contributed by atoms with Gasteiger partial charge in [-0.15, -0.1) is 0 Å². The number of aliphatic hydroxyl groups is 1. The highest BCUT2D eigenvalue weighted by atomic mass is 16.3. The number of aryl methyl sites for hydroxylation is 4. The number of hydrogen-bond donors (Lipinski definition) is 2. The normalized spacial score (nSPS) is 13.4. The van der Waals surface area contributed by atoms with Gasteiger partial charge in [0.25, 0.3) is 0 Å². The van der Waals surface area contributed by atoms with Crippen LogP contribution in [0.1, 0.15) is 47.2 Å². The van der Waals surface area contributed by atoms with Gasteiger partial charge in [0.15, 0.2) is 0 Å². The van der Waals surface area contributed by atoms with Gasteiger partial charge in [-0.1, -0.05) is 72.5 Å². The minimum atomic E-state index is -1.19. The number of nitrogens with two attached hydrogens (primary N) is 1. The average Bonchev–Trinajstić information content (AvgIpc) is 2.43. The second-order valence-electron chi connectivity index (χ2n) is 7.29. The highest BCUT2D eigenvalue weighted by molar-refractivity contribution is 5.44. The van der Waals surface area contributed by atoms with Crippen LogP contribution in [0.25, 0.3) is 0 Å². The van der Waals surface area contributed by atoms with E-state index >= 15 is 0 Å². The zero-order valence-corrected chi connectivity index (χ0v) is 15.1. The Morgan fingerprint density at radius 3 is 1.30 bits per heavy atom. The van der Waals surface area contributed by atoms with Gasteiger partial charge < -0.3 is 10.8 Å². The van der Waals surface area contributed by atoms with Gasteiger partial charge in [0.05, 0.1) is 0 Å². The van der Waals surface area contributed by atoms with E-state index in [1.807, 2.05) is 24.3 Å². The molecule has 0 aliphatic rings. The molecule has 2 rings (SSSR count). The van der Waals surface area contributed by atoms with E-state index in [1.165, 1.54) is 0 Å². The Morgan fingerprint density at radius 1 is 0.739 bits per heavy atom. The standard InChI is InChI=1S/C21H29NO/c1-13(2)20(22)21(23,18-9-14(3)7-15(4)10-18)19-11-16(5)8-17(6)12-19/h7-13,20,23H,22H2,1-6H3/t20-/m0/s1. The highest BCUT2D eigenvalue weighted by Gasteiger charge is 2.40. The molecule has 0 radical (unpaired) electrons. The molecule has 124 valence electrons. The molecular weight excluding hydrogens is 282 g/mol. The fourth-order valence-electron chi connectivity index (χ4n) is 3.42. The number of benzene rings is 2. The molecule has 0 spiro atoms. The smallest absolute Gasteiger partial charge is 0.130 e. The van der Waals surface area contributed by atoms with Crippen LogP contribution in [0.15, 0.2) is 36.4 Å². The van der Waals surface area contributed by atoms with E-state index in [2.05, 4.69) is 53.7 Å². The molecule has 0 heterocycles. The third-order valence-electron chi connectivity index (χ3n) is 4.52. The fourth-order valence-corrected chi connectivity index (χ4v) is 3.42. The second kappa shape index (κ2) is 6.46. The van der Waals surface area contributed by atoms with Crippen LogP contribution in [0.5, 0.6) is 0 Å². The van der Waals surface area contributed by atoms with E-state index in [4.69, 9.17) is 5.73 Å². The minimum Gasteiger partial charge on any atom is -0.379 e. The zero-order chi connectivity index (χ0) is 17.4. The third-order valence-corrected chi connectivity index (χ3v) is 4.52. The number of rotatable bonds is 4. The first-order valence-electron chi connectivity index (χ1n) is 8.30. The monoisotopic (exact) mass is 311 g/mol. The average molecular weight is 311 g/mol. The maximum atomic E-state index is 11.8. The molecule has 0 fully saturated rings. The van der Waals surface area contributed by atoms with Gasteiger partial charge in [-0.05, 0) is 44.7 Å². The maximum Gasteiger partial charge on any atom is 0.130 e. The first kappa shape index (κ1) is 17.7. The SMILES string of the molecule is Cc1cc(C)cc(C(O)(c2cc(C)cc(C)c2)[C@@H](N)C(C)C)c1. The summed E-state index contributed by atoms with van der Waals surface area (Å²) >= 11 is 0. The molecule has 0 saturated carbocycles. The van der Waals surface area contributed by atoms with Crippen LogP contribution >= 0.6 is 0 Å². The van der Waals surface area contributed by atoms with Crippen LogP contribution in [0.3, 0.4) is 0 Å². The van der Waals surface area contributed by atoms with Crippen LogP contribution in [0.4, 0.5) is 0 Å². The first-order valence-corrected chi connectivity index (χ1v) is 8.30. The van der Waals surface area contributed by atoms with Gasteiger partial charge in [-0.25, -0.2) is 0 Å². The maximum absolute atomic E-state index is 11.8. The van der Waals surface area contributed by atoms with Crippen molar-refractivity contribution in [3.05, 3.63) is 69.8 Å². The Bertz CT molecular complexity index is 611. The van der Waals surface area contributed by atoms with Gasteiger partial charge in [-0.3, -0.25) is 0 Å². The molecule has 2 aromatic carbocycles. The molecule has 23 heavy (non-hydrogen) atoms. The lowest BCUT2D eigenvalue weighted by Gasteiger charge is -2.38. The molecule has 3 N–H and O–H groups in total. The van der Waals surface area contributed by atoms with Crippen LogP contribution in [-0.4, -0.2) is 11.1 Å². The summed E-state index contributed by atoms with van der Waals surface area (Å²) in [6, 6.07) is 12.0. The molecule has 2 aromatic rings. The molecule has 0 saturated heterocycles. The molecule has 0 amide bonds. The van der Waals surface area contributed by atoms with E-state index in [0.717, 1.165) is 33.4 Å². The Balaban J connectivity index is 2.74. The summed E-state index contributed by atoms with van der Waals surface area (Å²) in [5.41, 5.74) is 11.6. The zero-order valence-electron chi connectivity index (χ0n) is 15.1. The minimum absolute atomic E-state index is 0.154. The summed E-state index contributed by atoms with van der Waals surface area (Å²) < 4.78 is 0. The molecule has 0 unspecified atom stereocenters. The lowest BCUT2D eigenvalue weighted by Crippen LogP contribution is -2.49. The summed E-state index contributed by atoms with van der Waals surface area (Å²) in [5, 5.41) is 11.8. The summed E-state index contributed by atoms with van der Waals surface area (Å²) in [4.78, 5) is 0. The number of hydrogen-bond acceptors (Lipinski definition) is 2. The second-order valence-corrected chi connectivity index (χ2v) is 7.29. The van der Waals surface area contributed by atoms with Crippen molar-refractivity contribution in [3.8, 4) is 0 Å². The van der Waals surface area contributed by atoms with Gasteiger partial charge in [-0.2, -0.15) is 0 Å². The van der Waals surface area contributed by atoms with Crippen LogP contribution in [0.2, 0.25) is 0 Å². The highest BCUT2D eigenvalue weighted by Crippen LogP contribution is 2.36. The molecule has 1 atom stereocenters. The predicted octanol–water partition coefficient (Wildman–Crippen LogP) is 4.14. The van der Waals surface area contributed by atoms with E-state index in [0.29, 0.717) is 0 Å².